The zero-order valence-corrected chi connectivity index (χ0v) is 8.87. The van der Waals surface area contributed by atoms with Gasteiger partial charge >= 0.3 is 0 Å². The van der Waals surface area contributed by atoms with Crippen molar-refractivity contribution in [3.05, 3.63) is 34.6 Å². The lowest BCUT2D eigenvalue weighted by Gasteiger charge is -2.00. The third-order valence-corrected chi connectivity index (χ3v) is 2.31. The summed E-state index contributed by atoms with van der Waals surface area (Å²) in [6.45, 7) is 0. The van der Waals surface area contributed by atoms with E-state index in [1.807, 2.05) is 0 Å². The number of nitrogen functional groups attached to an aromatic ring is 1. The Kier molecular flexibility index (Phi) is 2.39. The fourth-order valence-corrected chi connectivity index (χ4v) is 1.32. The molecule has 2 heterocycles. The largest absolute Gasteiger partial charge is 0.381 e. The number of halogens is 3. The molecule has 2 aromatic rings. The molecule has 0 aliphatic rings. The second-order valence-corrected chi connectivity index (χ2v) is 3.62. The van der Waals surface area contributed by atoms with Crippen LogP contribution in [0.1, 0.15) is 0 Å². The van der Waals surface area contributed by atoms with Gasteiger partial charge in [-0.15, -0.1) is 5.10 Å². The molecule has 2 aromatic heterocycles. The summed E-state index contributed by atoms with van der Waals surface area (Å²) >= 11 is 3.12. The highest BCUT2D eigenvalue weighted by Crippen LogP contribution is 2.19. The van der Waals surface area contributed by atoms with Gasteiger partial charge in [-0.3, -0.25) is 0 Å². The highest BCUT2D eigenvalue weighted by molar-refractivity contribution is 9.10. The fourth-order valence-electron chi connectivity index (χ4n) is 1.05. The Labute approximate surface area is 91.9 Å². The van der Waals surface area contributed by atoms with Crippen molar-refractivity contribution in [2.45, 2.75) is 0 Å². The Balaban J connectivity index is 2.54. The van der Waals surface area contributed by atoms with Gasteiger partial charge in [0.2, 0.25) is 0 Å². The molecular formula is C8H5BrF2N4. The number of rotatable bonds is 1. The van der Waals surface area contributed by atoms with E-state index in [9.17, 15) is 8.78 Å². The van der Waals surface area contributed by atoms with Crippen LogP contribution >= 0.6 is 15.9 Å². The molecule has 0 saturated carbocycles. The smallest absolute Gasteiger partial charge is 0.189 e. The number of pyridine rings is 1. The number of nitrogens with two attached hydrogens (primary N) is 1. The molecule has 7 heteroatoms. The summed E-state index contributed by atoms with van der Waals surface area (Å²) < 4.78 is 27.5. The van der Waals surface area contributed by atoms with Gasteiger partial charge in [-0.05, 0) is 15.9 Å². The average Bonchev–Trinajstić information content (AvgIpc) is 2.46. The predicted octanol–water partition coefficient (Wildman–Crippen LogP) is 1.89. The topological polar surface area (TPSA) is 56.7 Å². The SMILES string of the molecule is Nc1nn(-c2ncc(F)cc2F)cc1Br. The maximum absolute atomic E-state index is 13.3. The molecule has 0 atom stereocenters. The highest BCUT2D eigenvalue weighted by Gasteiger charge is 2.10. The lowest BCUT2D eigenvalue weighted by atomic mass is 10.4. The number of aromatic nitrogens is 3. The first-order chi connectivity index (χ1) is 7.08. The Bertz CT molecular complexity index is 492. The van der Waals surface area contributed by atoms with Crippen molar-refractivity contribution < 1.29 is 8.78 Å². The van der Waals surface area contributed by atoms with Crippen molar-refractivity contribution in [3.63, 3.8) is 0 Å². The molecule has 2 rings (SSSR count). The van der Waals surface area contributed by atoms with Gasteiger partial charge in [0.15, 0.2) is 17.5 Å². The van der Waals surface area contributed by atoms with E-state index >= 15 is 0 Å². The molecule has 0 aromatic carbocycles. The van der Waals surface area contributed by atoms with Gasteiger partial charge in [-0.25, -0.2) is 18.4 Å². The molecule has 4 nitrogen and oxygen atoms in total. The van der Waals surface area contributed by atoms with Gasteiger partial charge < -0.3 is 5.73 Å². The second-order valence-electron chi connectivity index (χ2n) is 2.77. The summed E-state index contributed by atoms with van der Waals surface area (Å²) in [5.41, 5.74) is 5.45. The minimum atomic E-state index is -0.801. The molecule has 0 fully saturated rings. The van der Waals surface area contributed by atoms with Crippen LogP contribution in [0.5, 0.6) is 0 Å². The molecule has 0 spiro atoms. The van der Waals surface area contributed by atoms with Gasteiger partial charge in [0, 0.05) is 12.3 Å². The van der Waals surface area contributed by atoms with Crippen LogP contribution in [-0.2, 0) is 0 Å². The molecule has 15 heavy (non-hydrogen) atoms. The van der Waals surface area contributed by atoms with E-state index in [2.05, 4.69) is 26.0 Å². The van der Waals surface area contributed by atoms with E-state index in [0.29, 0.717) is 4.47 Å². The summed E-state index contributed by atoms with van der Waals surface area (Å²) in [4.78, 5) is 3.58. The van der Waals surface area contributed by atoms with E-state index < -0.39 is 11.6 Å². The van der Waals surface area contributed by atoms with E-state index in [-0.39, 0.29) is 11.6 Å². The number of nitrogens with zero attached hydrogens (tertiary/aromatic N) is 3. The van der Waals surface area contributed by atoms with Crippen LogP contribution in [-0.4, -0.2) is 14.8 Å². The third kappa shape index (κ3) is 1.82. The first-order valence-corrected chi connectivity index (χ1v) is 4.69. The lowest BCUT2D eigenvalue weighted by Crippen LogP contribution is -2.02. The van der Waals surface area contributed by atoms with E-state index in [1.165, 1.54) is 6.20 Å². The summed E-state index contributed by atoms with van der Waals surface area (Å²) in [7, 11) is 0. The van der Waals surface area contributed by atoms with Gasteiger partial charge in [-0.2, -0.15) is 0 Å². The highest BCUT2D eigenvalue weighted by atomic mass is 79.9. The number of hydrogen-bond acceptors (Lipinski definition) is 3. The first kappa shape index (κ1) is 10.0. The average molecular weight is 275 g/mol. The summed E-state index contributed by atoms with van der Waals surface area (Å²) in [5, 5.41) is 3.79. The van der Waals surface area contributed by atoms with E-state index in [0.717, 1.165) is 16.9 Å². The quantitative estimate of drug-likeness (QED) is 0.864. The molecule has 0 amide bonds. The third-order valence-electron chi connectivity index (χ3n) is 1.70. The van der Waals surface area contributed by atoms with Gasteiger partial charge in [-0.1, -0.05) is 0 Å². The molecule has 0 bridgehead atoms. The van der Waals surface area contributed by atoms with Crippen molar-refractivity contribution in [1.82, 2.24) is 14.8 Å². The Morgan fingerprint density at radius 2 is 2.13 bits per heavy atom. The molecule has 2 N–H and O–H groups in total. The van der Waals surface area contributed by atoms with E-state index in [4.69, 9.17) is 5.73 Å². The van der Waals surface area contributed by atoms with Crippen LogP contribution in [0.15, 0.2) is 22.9 Å². The summed E-state index contributed by atoms with van der Waals surface area (Å²) in [6, 6.07) is 0.730. The second kappa shape index (κ2) is 3.58. The van der Waals surface area contributed by atoms with Crippen LogP contribution in [0.3, 0.4) is 0 Å². The Morgan fingerprint density at radius 3 is 2.67 bits per heavy atom. The normalized spacial score (nSPS) is 10.6. The van der Waals surface area contributed by atoms with Crippen molar-refractivity contribution >= 4 is 21.7 Å². The molecule has 78 valence electrons. The lowest BCUT2D eigenvalue weighted by molar-refractivity contribution is 0.560. The fraction of sp³-hybridized carbons (Fsp3) is 0. The zero-order chi connectivity index (χ0) is 11.0. The Morgan fingerprint density at radius 1 is 1.40 bits per heavy atom. The molecule has 0 saturated heterocycles. The van der Waals surface area contributed by atoms with Gasteiger partial charge in [0.25, 0.3) is 0 Å². The van der Waals surface area contributed by atoms with E-state index in [1.54, 1.807) is 0 Å². The van der Waals surface area contributed by atoms with Gasteiger partial charge in [0.05, 0.1) is 10.7 Å². The predicted molar refractivity (Wildman–Crippen MR) is 53.4 cm³/mol. The van der Waals surface area contributed by atoms with Crippen LogP contribution in [0.25, 0.3) is 5.82 Å². The molecular weight excluding hydrogens is 270 g/mol. The van der Waals surface area contributed by atoms with Crippen LogP contribution in [0.2, 0.25) is 0 Å². The van der Waals surface area contributed by atoms with Crippen molar-refractivity contribution in [3.8, 4) is 5.82 Å². The Hall–Kier alpha value is -1.50. The maximum atomic E-state index is 13.3. The van der Waals surface area contributed by atoms with Crippen LogP contribution in [0, 0.1) is 11.6 Å². The van der Waals surface area contributed by atoms with Crippen LogP contribution < -0.4 is 5.73 Å². The number of anilines is 1. The minimum Gasteiger partial charge on any atom is -0.381 e. The summed E-state index contributed by atoms with van der Waals surface area (Å²) in [5.74, 6) is -1.44. The molecule has 0 unspecified atom stereocenters. The molecule has 0 aliphatic heterocycles. The van der Waals surface area contributed by atoms with Crippen LogP contribution in [0.4, 0.5) is 14.6 Å². The monoisotopic (exact) mass is 274 g/mol. The first-order valence-electron chi connectivity index (χ1n) is 3.90. The van der Waals surface area contributed by atoms with Gasteiger partial charge in [0.1, 0.15) is 5.82 Å². The van der Waals surface area contributed by atoms with Crippen molar-refractivity contribution in [2.24, 2.45) is 0 Å². The molecule has 0 aliphatic carbocycles. The van der Waals surface area contributed by atoms with Crippen molar-refractivity contribution in [2.75, 3.05) is 5.73 Å². The molecule has 0 radical (unpaired) electrons. The van der Waals surface area contributed by atoms with Crippen molar-refractivity contribution in [1.29, 1.82) is 0 Å². The standard InChI is InChI=1S/C8H5BrF2N4/c9-5-3-15(14-7(5)12)8-6(11)1-4(10)2-13-8/h1-3H,(H2,12,14). The number of hydrogen-bond donors (Lipinski definition) is 1. The summed E-state index contributed by atoms with van der Waals surface area (Å²) in [6.07, 6.45) is 2.35. The maximum Gasteiger partial charge on any atom is 0.189 e. The zero-order valence-electron chi connectivity index (χ0n) is 7.28. The minimum absolute atomic E-state index is 0.103.